The summed E-state index contributed by atoms with van der Waals surface area (Å²) in [6.07, 6.45) is 5.46. The smallest absolute Gasteiger partial charge is 0.203 e. The fourth-order valence-corrected chi connectivity index (χ4v) is 1.68. The van der Waals surface area contributed by atoms with Crippen molar-refractivity contribution in [2.75, 3.05) is 28.4 Å². The van der Waals surface area contributed by atoms with Crippen molar-refractivity contribution in [3.8, 4) is 29.6 Å². The monoisotopic (exact) mass is 235 g/mol. The molecule has 0 heterocycles. The van der Waals surface area contributed by atoms with Gasteiger partial charge in [0.25, 0.3) is 0 Å². The summed E-state index contributed by atoms with van der Waals surface area (Å²) in [4.78, 5) is 0. The van der Waals surface area contributed by atoms with Crippen molar-refractivity contribution in [2.24, 2.45) is 0 Å². The van der Waals surface area contributed by atoms with Gasteiger partial charge in [-0.2, -0.15) is 0 Å². The Morgan fingerprint density at radius 2 is 1.76 bits per heavy atom. The average molecular weight is 235 g/mol. The normalized spacial score (nSPS) is 11.5. The van der Waals surface area contributed by atoms with E-state index in [0.717, 1.165) is 5.56 Å². The van der Waals surface area contributed by atoms with Gasteiger partial charge < -0.3 is 19.5 Å². The number of terminal acetylenes is 1. The van der Waals surface area contributed by atoms with Crippen LogP contribution in [0.25, 0.3) is 0 Å². The molecule has 0 aliphatic carbocycles. The molecule has 1 rings (SSSR count). The van der Waals surface area contributed by atoms with Gasteiger partial charge in [-0.15, -0.1) is 6.42 Å². The first kappa shape index (κ1) is 13.2. The van der Waals surface area contributed by atoms with Crippen molar-refractivity contribution in [1.82, 2.24) is 5.32 Å². The molecule has 0 saturated carbocycles. The van der Waals surface area contributed by atoms with Crippen molar-refractivity contribution in [3.05, 3.63) is 17.7 Å². The van der Waals surface area contributed by atoms with Crippen LogP contribution in [0.15, 0.2) is 12.1 Å². The largest absolute Gasteiger partial charge is 0.493 e. The van der Waals surface area contributed by atoms with Crippen LogP contribution in [0.5, 0.6) is 17.2 Å². The molecule has 0 bridgehead atoms. The molecule has 0 aromatic heterocycles. The number of ether oxygens (including phenoxy) is 3. The van der Waals surface area contributed by atoms with Crippen LogP contribution in [0.1, 0.15) is 11.6 Å². The molecule has 0 radical (unpaired) electrons. The molecule has 0 fully saturated rings. The third-order valence-electron chi connectivity index (χ3n) is 2.50. The molecular formula is C13H17NO3. The summed E-state index contributed by atoms with van der Waals surface area (Å²) in [7, 11) is 6.51. The first-order valence-electron chi connectivity index (χ1n) is 5.15. The summed E-state index contributed by atoms with van der Waals surface area (Å²) in [5, 5.41) is 3.02. The van der Waals surface area contributed by atoms with E-state index < -0.39 is 0 Å². The van der Waals surface area contributed by atoms with Gasteiger partial charge in [-0.25, -0.2) is 0 Å². The maximum absolute atomic E-state index is 5.46. The molecule has 4 heteroatoms. The van der Waals surface area contributed by atoms with Gasteiger partial charge in [-0.3, -0.25) is 0 Å². The SMILES string of the molecule is C#CC(NC)c1ccc(OC)c(OC)c1OC. The molecular weight excluding hydrogens is 218 g/mol. The van der Waals surface area contributed by atoms with E-state index in [9.17, 15) is 0 Å². The number of hydrogen-bond acceptors (Lipinski definition) is 4. The highest BCUT2D eigenvalue weighted by atomic mass is 16.5. The third-order valence-corrected chi connectivity index (χ3v) is 2.50. The van der Waals surface area contributed by atoms with Gasteiger partial charge in [0.2, 0.25) is 5.75 Å². The predicted octanol–water partition coefficient (Wildman–Crippen LogP) is 1.61. The van der Waals surface area contributed by atoms with Crippen LogP contribution in [-0.4, -0.2) is 28.4 Å². The second kappa shape index (κ2) is 6.02. The molecule has 0 saturated heterocycles. The lowest BCUT2D eigenvalue weighted by atomic mass is 10.1. The number of benzene rings is 1. The van der Waals surface area contributed by atoms with Crippen molar-refractivity contribution in [2.45, 2.75) is 6.04 Å². The zero-order valence-electron chi connectivity index (χ0n) is 10.5. The Bertz CT molecular complexity index is 423. The molecule has 1 N–H and O–H groups in total. The first-order valence-corrected chi connectivity index (χ1v) is 5.15. The quantitative estimate of drug-likeness (QED) is 0.787. The van der Waals surface area contributed by atoms with E-state index in [1.165, 1.54) is 0 Å². The van der Waals surface area contributed by atoms with Gasteiger partial charge >= 0.3 is 0 Å². The highest BCUT2D eigenvalue weighted by molar-refractivity contribution is 5.57. The van der Waals surface area contributed by atoms with Crippen LogP contribution in [-0.2, 0) is 0 Å². The highest BCUT2D eigenvalue weighted by Gasteiger charge is 2.19. The summed E-state index contributed by atoms with van der Waals surface area (Å²) in [5.41, 5.74) is 0.843. The Kier molecular flexibility index (Phi) is 4.68. The molecule has 0 amide bonds. The molecule has 1 atom stereocenters. The summed E-state index contributed by atoms with van der Waals surface area (Å²) in [6, 6.07) is 3.43. The third kappa shape index (κ3) is 2.45. The molecule has 1 aromatic carbocycles. The van der Waals surface area contributed by atoms with Crippen molar-refractivity contribution in [3.63, 3.8) is 0 Å². The molecule has 4 nitrogen and oxygen atoms in total. The minimum absolute atomic E-state index is 0.232. The number of hydrogen-bond donors (Lipinski definition) is 1. The maximum Gasteiger partial charge on any atom is 0.203 e. The highest BCUT2D eigenvalue weighted by Crippen LogP contribution is 2.41. The van der Waals surface area contributed by atoms with E-state index in [-0.39, 0.29) is 6.04 Å². The lowest BCUT2D eigenvalue weighted by molar-refractivity contribution is 0.321. The molecule has 0 aliphatic heterocycles. The van der Waals surface area contributed by atoms with Crippen LogP contribution in [0.4, 0.5) is 0 Å². The lowest BCUT2D eigenvalue weighted by Crippen LogP contribution is -2.15. The fourth-order valence-electron chi connectivity index (χ4n) is 1.68. The van der Waals surface area contributed by atoms with Gasteiger partial charge in [-0.1, -0.05) is 5.92 Å². The summed E-state index contributed by atoms with van der Waals surface area (Å²) < 4.78 is 15.8. The topological polar surface area (TPSA) is 39.7 Å². The van der Waals surface area contributed by atoms with Gasteiger partial charge in [-0.05, 0) is 19.2 Å². The van der Waals surface area contributed by atoms with E-state index in [2.05, 4.69) is 11.2 Å². The van der Waals surface area contributed by atoms with E-state index >= 15 is 0 Å². The van der Waals surface area contributed by atoms with Crippen molar-refractivity contribution in [1.29, 1.82) is 0 Å². The Morgan fingerprint density at radius 1 is 1.12 bits per heavy atom. The van der Waals surface area contributed by atoms with Gasteiger partial charge in [0.05, 0.1) is 27.4 Å². The zero-order chi connectivity index (χ0) is 12.8. The Labute approximate surface area is 102 Å². The summed E-state index contributed by atoms with van der Waals surface area (Å²) in [5.74, 6) is 4.39. The van der Waals surface area contributed by atoms with E-state index in [0.29, 0.717) is 17.2 Å². The van der Waals surface area contributed by atoms with Crippen molar-refractivity contribution >= 4 is 0 Å². The van der Waals surface area contributed by atoms with Gasteiger partial charge in [0, 0.05) is 5.56 Å². The van der Waals surface area contributed by atoms with E-state index in [1.807, 2.05) is 6.07 Å². The molecule has 1 aromatic rings. The Hall–Kier alpha value is -1.86. The fraction of sp³-hybridized carbons (Fsp3) is 0.385. The summed E-state index contributed by atoms with van der Waals surface area (Å²) >= 11 is 0. The molecule has 1 unspecified atom stereocenters. The molecule has 0 spiro atoms. The van der Waals surface area contributed by atoms with E-state index in [4.69, 9.17) is 20.6 Å². The van der Waals surface area contributed by atoms with Crippen molar-refractivity contribution < 1.29 is 14.2 Å². The van der Waals surface area contributed by atoms with Gasteiger partial charge in [0.1, 0.15) is 0 Å². The molecule has 17 heavy (non-hydrogen) atoms. The predicted molar refractivity (Wildman–Crippen MR) is 66.7 cm³/mol. The average Bonchev–Trinajstić information content (AvgIpc) is 2.39. The molecule has 92 valence electrons. The Morgan fingerprint density at radius 3 is 2.18 bits per heavy atom. The number of rotatable bonds is 5. The van der Waals surface area contributed by atoms with Crippen LogP contribution < -0.4 is 19.5 Å². The van der Waals surface area contributed by atoms with Crippen LogP contribution in [0.2, 0.25) is 0 Å². The minimum Gasteiger partial charge on any atom is -0.493 e. The van der Waals surface area contributed by atoms with Gasteiger partial charge in [0.15, 0.2) is 11.5 Å². The summed E-state index contributed by atoms with van der Waals surface area (Å²) in [6.45, 7) is 0. The van der Waals surface area contributed by atoms with Crippen LogP contribution in [0, 0.1) is 12.3 Å². The first-order chi connectivity index (χ1) is 8.23. The standard InChI is InChI=1S/C13H17NO3/c1-6-10(14-2)9-7-8-11(15-3)13(17-5)12(9)16-4/h1,7-8,10,14H,2-5H3. The molecule has 0 aliphatic rings. The minimum atomic E-state index is -0.232. The zero-order valence-corrected chi connectivity index (χ0v) is 10.5. The van der Waals surface area contributed by atoms with E-state index in [1.54, 1.807) is 34.4 Å². The second-order valence-electron chi connectivity index (χ2n) is 3.31. The number of methoxy groups -OCH3 is 3. The van der Waals surface area contributed by atoms with Crippen LogP contribution >= 0.6 is 0 Å². The number of nitrogens with one attached hydrogen (secondary N) is 1. The second-order valence-corrected chi connectivity index (χ2v) is 3.31. The van der Waals surface area contributed by atoms with Crippen LogP contribution in [0.3, 0.4) is 0 Å². The lowest BCUT2D eigenvalue weighted by Gasteiger charge is -2.18. The Balaban J connectivity index is 3.38. The maximum atomic E-state index is 5.46.